The van der Waals surface area contributed by atoms with Gasteiger partial charge in [0.2, 0.25) is 0 Å². The molecule has 0 aliphatic rings. The molecule has 0 spiro atoms. The lowest BCUT2D eigenvalue weighted by Crippen LogP contribution is -2.01. The Morgan fingerprint density at radius 3 is 2.48 bits per heavy atom. The highest BCUT2D eigenvalue weighted by Gasteiger charge is 2.21. The van der Waals surface area contributed by atoms with Crippen LogP contribution in [0.3, 0.4) is 0 Å². The molecular weight excluding hydrogens is 314 g/mol. The summed E-state index contributed by atoms with van der Waals surface area (Å²) in [7, 11) is 3.81. The van der Waals surface area contributed by atoms with E-state index in [9.17, 15) is 0 Å². The predicted octanol–water partition coefficient (Wildman–Crippen LogP) is 3.14. The van der Waals surface area contributed by atoms with Crippen molar-refractivity contribution in [1.29, 1.82) is 0 Å². The zero-order valence-electron chi connectivity index (χ0n) is 14.2. The number of nitrogens with two attached hydrogens (primary N) is 1. The van der Waals surface area contributed by atoms with Crippen molar-refractivity contribution < 1.29 is 4.74 Å². The van der Waals surface area contributed by atoms with Crippen LogP contribution in [0.4, 0.5) is 5.82 Å². The first kappa shape index (κ1) is 15.3. The third-order valence-corrected chi connectivity index (χ3v) is 4.29. The molecule has 0 unspecified atom stereocenters. The zero-order chi connectivity index (χ0) is 17.4. The maximum atomic E-state index is 6.29. The van der Waals surface area contributed by atoms with Crippen molar-refractivity contribution in [3.63, 3.8) is 0 Å². The number of rotatable bonds is 4. The van der Waals surface area contributed by atoms with Gasteiger partial charge in [-0.2, -0.15) is 5.10 Å². The molecule has 2 heterocycles. The van der Waals surface area contributed by atoms with Crippen LogP contribution in [0.15, 0.2) is 54.6 Å². The molecule has 6 nitrogen and oxygen atoms in total. The number of ether oxygens (including phenoxy) is 1. The first-order chi connectivity index (χ1) is 12.1. The largest absolute Gasteiger partial charge is 0.487 e. The number of hydrogen-bond donors (Lipinski definition) is 1. The second kappa shape index (κ2) is 5.98. The van der Waals surface area contributed by atoms with E-state index in [1.54, 1.807) is 4.68 Å². The van der Waals surface area contributed by atoms with Gasteiger partial charge < -0.3 is 15.0 Å². The summed E-state index contributed by atoms with van der Waals surface area (Å²) in [6, 6.07) is 17.7. The Labute approximate surface area is 145 Å². The highest BCUT2D eigenvalue weighted by molar-refractivity contribution is 5.83. The first-order valence-electron chi connectivity index (χ1n) is 8.06. The number of aryl methyl sites for hydroxylation is 2. The molecule has 0 fully saturated rings. The fraction of sp³-hybridized carbons (Fsp3) is 0.158. The van der Waals surface area contributed by atoms with Gasteiger partial charge in [0.1, 0.15) is 29.7 Å². The average Bonchev–Trinajstić information content (AvgIpc) is 3.11. The fourth-order valence-corrected chi connectivity index (χ4v) is 2.98. The second-order valence-electron chi connectivity index (χ2n) is 5.92. The van der Waals surface area contributed by atoms with Crippen LogP contribution in [0.1, 0.15) is 5.69 Å². The van der Waals surface area contributed by atoms with Crippen molar-refractivity contribution in [2.75, 3.05) is 5.73 Å². The van der Waals surface area contributed by atoms with Crippen molar-refractivity contribution in [1.82, 2.24) is 19.3 Å². The first-order valence-corrected chi connectivity index (χ1v) is 8.06. The number of hydrogen-bond acceptors (Lipinski definition) is 4. The molecule has 4 aromatic rings. The van der Waals surface area contributed by atoms with Gasteiger partial charge in [-0.25, -0.2) is 4.98 Å². The Bertz CT molecular complexity index is 1030. The summed E-state index contributed by atoms with van der Waals surface area (Å²) < 4.78 is 9.57. The Morgan fingerprint density at radius 2 is 1.72 bits per heavy atom. The predicted molar refractivity (Wildman–Crippen MR) is 98.1 cm³/mol. The minimum atomic E-state index is 0.327. The molecule has 4 rings (SSSR count). The van der Waals surface area contributed by atoms with Gasteiger partial charge in [0, 0.05) is 14.1 Å². The number of nitrogen functional groups attached to an aromatic ring is 1. The third kappa shape index (κ3) is 2.61. The van der Waals surface area contributed by atoms with Gasteiger partial charge in [-0.05, 0) is 24.3 Å². The summed E-state index contributed by atoms with van der Waals surface area (Å²) in [5.74, 6) is 2.16. The van der Waals surface area contributed by atoms with Crippen LogP contribution in [0.2, 0.25) is 0 Å². The number of fused-ring (bicyclic) bond motifs is 1. The molecule has 126 valence electrons. The summed E-state index contributed by atoms with van der Waals surface area (Å²) in [4.78, 5) is 4.75. The zero-order valence-corrected chi connectivity index (χ0v) is 14.2. The summed E-state index contributed by atoms with van der Waals surface area (Å²) in [5.41, 5.74) is 9.85. The topological polar surface area (TPSA) is 70.9 Å². The Balaban J connectivity index is 1.77. The number of benzene rings is 2. The second-order valence-corrected chi connectivity index (χ2v) is 5.92. The number of anilines is 1. The average molecular weight is 333 g/mol. The van der Waals surface area contributed by atoms with E-state index in [2.05, 4.69) is 5.10 Å². The molecule has 6 heteroatoms. The molecule has 2 N–H and O–H groups in total. The van der Waals surface area contributed by atoms with Crippen LogP contribution in [-0.4, -0.2) is 19.3 Å². The number of nitrogens with zero attached hydrogens (tertiary/aromatic N) is 4. The molecule has 0 saturated carbocycles. The maximum Gasteiger partial charge on any atom is 0.146 e. The molecule has 2 aromatic carbocycles. The molecule has 25 heavy (non-hydrogen) atoms. The van der Waals surface area contributed by atoms with E-state index in [1.165, 1.54) is 0 Å². The lowest BCUT2D eigenvalue weighted by Gasteiger charge is -2.07. The SMILES string of the molecule is Cn1nc(COc2ccccc2)c(-c2nc3ccccc3n2C)c1N. The van der Waals surface area contributed by atoms with E-state index >= 15 is 0 Å². The van der Waals surface area contributed by atoms with E-state index in [1.807, 2.05) is 73.3 Å². The standard InChI is InChI=1S/C19H19N5O/c1-23-16-11-7-6-10-14(16)21-19(23)17-15(22-24(2)18(17)20)12-25-13-8-4-3-5-9-13/h3-11H,12,20H2,1-2H3. The lowest BCUT2D eigenvalue weighted by molar-refractivity contribution is 0.300. The smallest absolute Gasteiger partial charge is 0.146 e. The normalized spacial score (nSPS) is 11.1. The molecule has 0 radical (unpaired) electrons. The minimum Gasteiger partial charge on any atom is -0.487 e. The van der Waals surface area contributed by atoms with E-state index in [0.29, 0.717) is 12.4 Å². The van der Waals surface area contributed by atoms with Crippen molar-refractivity contribution >= 4 is 16.9 Å². The van der Waals surface area contributed by atoms with Crippen LogP contribution >= 0.6 is 0 Å². The number of para-hydroxylation sites is 3. The summed E-state index contributed by atoms with van der Waals surface area (Å²) >= 11 is 0. The van der Waals surface area contributed by atoms with E-state index in [-0.39, 0.29) is 0 Å². The van der Waals surface area contributed by atoms with Crippen molar-refractivity contribution in [2.24, 2.45) is 14.1 Å². The van der Waals surface area contributed by atoms with Crippen LogP contribution in [-0.2, 0) is 20.7 Å². The van der Waals surface area contributed by atoms with E-state index in [0.717, 1.165) is 33.9 Å². The molecule has 0 amide bonds. The molecule has 0 atom stereocenters. The maximum absolute atomic E-state index is 6.29. The van der Waals surface area contributed by atoms with Crippen molar-refractivity contribution in [2.45, 2.75) is 6.61 Å². The molecule has 0 saturated heterocycles. The summed E-state index contributed by atoms with van der Waals surface area (Å²) in [6.07, 6.45) is 0. The van der Waals surface area contributed by atoms with Crippen molar-refractivity contribution in [3.8, 4) is 17.1 Å². The quantitative estimate of drug-likeness (QED) is 0.623. The molecule has 2 aromatic heterocycles. The van der Waals surface area contributed by atoms with Gasteiger partial charge in [0.05, 0.1) is 16.6 Å². The van der Waals surface area contributed by atoms with Gasteiger partial charge in [-0.1, -0.05) is 30.3 Å². The molecule has 0 bridgehead atoms. The molecule has 0 aliphatic carbocycles. The summed E-state index contributed by atoms with van der Waals surface area (Å²) in [5, 5.41) is 4.53. The molecular formula is C19H19N5O. The summed E-state index contributed by atoms with van der Waals surface area (Å²) in [6.45, 7) is 0.327. The minimum absolute atomic E-state index is 0.327. The van der Waals surface area contributed by atoms with E-state index in [4.69, 9.17) is 15.5 Å². The highest BCUT2D eigenvalue weighted by atomic mass is 16.5. The number of imidazole rings is 1. The fourth-order valence-electron chi connectivity index (χ4n) is 2.98. The lowest BCUT2D eigenvalue weighted by atomic mass is 10.2. The van der Waals surface area contributed by atoms with Crippen LogP contribution in [0.25, 0.3) is 22.4 Å². The van der Waals surface area contributed by atoms with Crippen LogP contribution < -0.4 is 10.5 Å². The highest BCUT2D eigenvalue weighted by Crippen LogP contribution is 2.31. The van der Waals surface area contributed by atoms with Gasteiger partial charge in [-0.15, -0.1) is 0 Å². The van der Waals surface area contributed by atoms with Crippen molar-refractivity contribution in [3.05, 3.63) is 60.3 Å². The van der Waals surface area contributed by atoms with Gasteiger partial charge in [0.25, 0.3) is 0 Å². The Hall–Kier alpha value is -3.28. The van der Waals surface area contributed by atoms with Gasteiger partial charge in [0.15, 0.2) is 0 Å². The Morgan fingerprint density at radius 1 is 1.00 bits per heavy atom. The molecule has 0 aliphatic heterocycles. The van der Waals surface area contributed by atoms with E-state index < -0.39 is 0 Å². The van der Waals surface area contributed by atoms with Crippen LogP contribution in [0, 0.1) is 0 Å². The number of aromatic nitrogens is 4. The van der Waals surface area contributed by atoms with Gasteiger partial charge in [-0.3, -0.25) is 4.68 Å². The van der Waals surface area contributed by atoms with Crippen LogP contribution in [0.5, 0.6) is 5.75 Å². The monoisotopic (exact) mass is 333 g/mol. The Kier molecular flexibility index (Phi) is 3.65. The van der Waals surface area contributed by atoms with Gasteiger partial charge >= 0.3 is 0 Å². The third-order valence-electron chi connectivity index (χ3n) is 4.29.